The third-order valence-electron chi connectivity index (χ3n) is 4.29. The number of morpholine rings is 1. The second kappa shape index (κ2) is 6.66. The van der Waals surface area contributed by atoms with Crippen molar-refractivity contribution in [1.82, 2.24) is 4.90 Å². The van der Waals surface area contributed by atoms with Gasteiger partial charge in [-0.15, -0.1) is 0 Å². The Labute approximate surface area is 121 Å². The van der Waals surface area contributed by atoms with Gasteiger partial charge >= 0.3 is 0 Å². The molecule has 0 aromatic heterocycles. The molecule has 0 aliphatic carbocycles. The van der Waals surface area contributed by atoms with Crippen molar-refractivity contribution >= 4 is 23.1 Å². The maximum Gasteiger partial charge on any atom is 0.236 e. The van der Waals surface area contributed by atoms with Crippen LogP contribution < -0.4 is 5.73 Å². The summed E-state index contributed by atoms with van der Waals surface area (Å²) in [5, 5.41) is 0. The lowest BCUT2D eigenvalue weighted by atomic mass is 9.80. The minimum atomic E-state index is -0.695. The molecule has 2 unspecified atom stereocenters. The highest BCUT2D eigenvalue weighted by Crippen LogP contribution is 2.32. The van der Waals surface area contributed by atoms with Crippen molar-refractivity contribution in [3.8, 4) is 0 Å². The number of nitrogens with zero attached hydrogens (tertiary/aromatic N) is 1. The number of carbonyl (C=O) groups excluding carboxylic acids is 1. The summed E-state index contributed by atoms with van der Waals surface area (Å²) in [6.45, 7) is 9.25. The minimum absolute atomic E-state index is 0.0736. The number of amides is 1. The van der Waals surface area contributed by atoms with E-state index in [9.17, 15) is 4.79 Å². The molecule has 110 valence electrons. The topological polar surface area (TPSA) is 55.6 Å². The van der Waals surface area contributed by atoms with Crippen molar-refractivity contribution < 1.29 is 9.53 Å². The highest BCUT2D eigenvalue weighted by Gasteiger charge is 2.44. The molecular formula is C14H26N2O2S. The number of nitrogens with two attached hydrogens (primary N) is 1. The van der Waals surface area contributed by atoms with Crippen molar-refractivity contribution in [2.24, 2.45) is 11.1 Å². The van der Waals surface area contributed by atoms with Crippen LogP contribution in [0.2, 0.25) is 0 Å². The van der Waals surface area contributed by atoms with E-state index in [1.807, 2.05) is 25.7 Å². The van der Waals surface area contributed by atoms with Crippen LogP contribution in [0.5, 0.6) is 0 Å². The van der Waals surface area contributed by atoms with Crippen LogP contribution in [0.3, 0.4) is 0 Å². The average Bonchev–Trinajstić information content (AvgIpc) is 2.40. The number of ether oxygens (including phenoxy) is 1. The number of rotatable bonds is 5. The molecule has 19 heavy (non-hydrogen) atoms. The van der Waals surface area contributed by atoms with Crippen molar-refractivity contribution in [2.75, 3.05) is 13.2 Å². The summed E-state index contributed by atoms with van der Waals surface area (Å²) >= 11 is 5.18. The number of hydrogen-bond donors (Lipinski definition) is 1. The molecule has 0 bridgehead atoms. The van der Waals surface area contributed by atoms with Gasteiger partial charge in [0.25, 0.3) is 0 Å². The predicted molar refractivity (Wildman–Crippen MR) is 81.0 cm³/mol. The molecule has 5 heteroatoms. The maximum absolute atomic E-state index is 12.9. The van der Waals surface area contributed by atoms with E-state index in [1.54, 1.807) is 0 Å². The van der Waals surface area contributed by atoms with E-state index in [0.717, 1.165) is 6.42 Å². The minimum Gasteiger partial charge on any atom is -0.392 e. The molecule has 1 aliphatic heterocycles. The first kappa shape index (κ1) is 16.4. The van der Waals surface area contributed by atoms with Gasteiger partial charge in [0.2, 0.25) is 5.91 Å². The van der Waals surface area contributed by atoms with Gasteiger partial charge in [-0.05, 0) is 26.2 Å². The summed E-state index contributed by atoms with van der Waals surface area (Å²) in [6.07, 6.45) is 2.27. The van der Waals surface area contributed by atoms with Gasteiger partial charge in [-0.1, -0.05) is 33.0 Å². The molecule has 2 atom stereocenters. The zero-order valence-corrected chi connectivity index (χ0v) is 13.3. The lowest BCUT2D eigenvalue weighted by Crippen LogP contribution is -2.58. The van der Waals surface area contributed by atoms with Crippen LogP contribution in [0.4, 0.5) is 0 Å². The number of hydrogen-bond acceptors (Lipinski definition) is 3. The molecule has 4 nitrogen and oxygen atoms in total. The Morgan fingerprint density at radius 1 is 1.42 bits per heavy atom. The molecule has 1 amide bonds. The Bertz CT molecular complexity index is 342. The third-order valence-corrected chi connectivity index (χ3v) is 4.68. The molecule has 2 N–H and O–H groups in total. The molecule has 0 aromatic rings. The normalized spacial score (nSPS) is 24.3. The molecule has 0 radical (unpaired) electrons. The van der Waals surface area contributed by atoms with Crippen LogP contribution in [0.1, 0.15) is 47.0 Å². The zero-order valence-electron chi connectivity index (χ0n) is 12.4. The van der Waals surface area contributed by atoms with Crippen molar-refractivity contribution in [2.45, 2.75) is 59.1 Å². The first-order valence-electron chi connectivity index (χ1n) is 7.15. The standard InChI is InChI=1S/C14H26N2O2S/c1-5-11-9-18-10(4)8-16(11)13(17)14(6-2,7-3)12(15)19/h10-11H,5-9H2,1-4H3,(H2,15,19). The van der Waals surface area contributed by atoms with E-state index in [-0.39, 0.29) is 18.1 Å². The van der Waals surface area contributed by atoms with Crippen LogP contribution in [-0.4, -0.2) is 41.1 Å². The van der Waals surface area contributed by atoms with E-state index in [2.05, 4.69) is 6.92 Å². The van der Waals surface area contributed by atoms with Gasteiger partial charge in [0.1, 0.15) is 0 Å². The van der Waals surface area contributed by atoms with E-state index in [1.165, 1.54) is 0 Å². The molecule has 0 aromatic carbocycles. The summed E-state index contributed by atoms with van der Waals surface area (Å²) in [6, 6.07) is 0.135. The summed E-state index contributed by atoms with van der Waals surface area (Å²) in [5.41, 5.74) is 5.18. The Balaban J connectivity index is 3.03. The smallest absolute Gasteiger partial charge is 0.236 e. The SMILES string of the molecule is CCC1COC(C)CN1C(=O)C(CC)(CC)C(N)=S. The fraction of sp³-hybridized carbons (Fsp3) is 0.857. The average molecular weight is 286 g/mol. The van der Waals surface area contributed by atoms with Crippen molar-refractivity contribution in [1.29, 1.82) is 0 Å². The summed E-state index contributed by atoms with van der Waals surface area (Å²) in [7, 11) is 0. The predicted octanol–water partition coefficient (Wildman–Crippen LogP) is 2.10. The molecule has 1 fully saturated rings. The molecular weight excluding hydrogens is 260 g/mol. The van der Waals surface area contributed by atoms with Crippen LogP contribution >= 0.6 is 12.2 Å². The lowest BCUT2D eigenvalue weighted by molar-refractivity contribution is -0.151. The van der Waals surface area contributed by atoms with E-state index < -0.39 is 5.41 Å². The third kappa shape index (κ3) is 3.08. The van der Waals surface area contributed by atoms with E-state index in [0.29, 0.717) is 31.0 Å². The zero-order chi connectivity index (χ0) is 14.6. The lowest BCUT2D eigenvalue weighted by Gasteiger charge is -2.43. The summed E-state index contributed by atoms with van der Waals surface area (Å²) in [4.78, 5) is 15.2. The van der Waals surface area contributed by atoms with Crippen LogP contribution in [0, 0.1) is 5.41 Å². The Morgan fingerprint density at radius 3 is 2.42 bits per heavy atom. The van der Waals surface area contributed by atoms with Crippen LogP contribution in [0.25, 0.3) is 0 Å². The Morgan fingerprint density at radius 2 is 2.00 bits per heavy atom. The van der Waals surface area contributed by atoms with Crippen LogP contribution in [-0.2, 0) is 9.53 Å². The maximum atomic E-state index is 12.9. The van der Waals surface area contributed by atoms with E-state index in [4.69, 9.17) is 22.7 Å². The molecule has 1 heterocycles. The van der Waals surface area contributed by atoms with Gasteiger partial charge in [0, 0.05) is 6.54 Å². The van der Waals surface area contributed by atoms with Crippen LogP contribution in [0.15, 0.2) is 0 Å². The second-order valence-corrected chi connectivity index (χ2v) is 5.76. The molecule has 1 aliphatic rings. The van der Waals surface area contributed by atoms with Gasteiger partial charge in [-0.25, -0.2) is 0 Å². The highest BCUT2D eigenvalue weighted by molar-refractivity contribution is 7.80. The summed E-state index contributed by atoms with van der Waals surface area (Å²) < 4.78 is 5.64. The van der Waals surface area contributed by atoms with Crippen molar-refractivity contribution in [3.63, 3.8) is 0 Å². The van der Waals surface area contributed by atoms with Gasteiger partial charge in [-0.2, -0.15) is 0 Å². The largest absolute Gasteiger partial charge is 0.392 e. The number of carbonyl (C=O) groups is 1. The number of thiocarbonyl (C=S) groups is 1. The first-order chi connectivity index (χ1) is 8.92. The monoisotopic (exact) mass is 286 g/mol. The molecule has 1 rings (SSSR count). The highest BCUT2D eigenvalue weighted by atomic mass is 32.1. The van der Waals surface area contributed by atoms with Gasteiger partial charge in [-0.3, -0.25) is 4.79 Å². The molecule has 0 spiro atoms. The Hall–Kier alpha value is -0.680. The van der Waals surface area contributed by atoms with Gasteiger partial charge in [0.15, 0.2) is 0 Å². The fourth-order valence-electron chi connectivity index (χ4n) is 2.71. The second-order valence-electron chi connectivity index (χ2n) is 5.32. The summed E-state index contributed by atoms with van der Waals surface area (Å²) in [5.74, 6) is 0.0759. The quantitative estimate of drug-likeness (QED) is 0.786. The van der Waals surface area contributed by atoms with Crippen molar-refractivity contribution in [3.05, 3.63) is 0 Å². The molecule has 1 saturated heterocycles. The fourth-order valence-corrected chi connectivity index (χ4v) is 3.09. The first-order valence-corrected chi connectivity index (χ1v) is 7.56. The van der Waals surface area contributed by atoms with E-state index >= 15 is 0 Å². The molecule has 0 saturated carbocycles. The van der Waals surface area contributed by atoms with Gasteiger partial charge < -0.3 is 15.4 Å². The van der Waals surface area contributed by atoms with Gasteiger partial charge in [0.05, 0.1) is 29.2 Å². The Kier molecular flexibility index (Phi) is 5.74.